The van der Waals surface area contributed by atoms with E-state index in [9.17, 15) is 8.42 Å². The maximum Gasteiger partial charge on any atom is 0.179 e. The summed E-state index contributed by atoms with van der Waals surface area (Å²) < 4.78 is 24.5. The number of aryl methyl sites for hydroxylation is 1. The van der Waals surface area contributed by atoms with Crippen molar-refractivity contribution >= 4 is 9.84 Å². The first-order chi connectivity index (χ1) is 8.59. The summed E-state index contributed by atoms with van der Waals surface area (Å²) in [6, 6.07) is 5.92. The van der Waals surface area contributed by atoms with Gasteiger partial charge in [0.2, 0.25) is 0 Å². The van der Waals surface area contributed by atoms with Crippen LogP contribution in [0.2, 0.25) is 0 Å². The van der Waals surface area contributed by atoms with Crippen LogP contribution in [0.3, 0.4) is 0 Å². The average Bonchev–Trinajstić information content (AvgIpc) is 2.96. The molecule has 0 spiro atoms. The molecule has 0 radical (unpaired) electrons. The molecule has 1 heterocycles. The zero-order valence-electron chi connectivity index (χ0n) is 10.5. The highest BCUT2D eigenvalue weighted by molar-refractivity contribution is 7.91. The van der Waals surface area contributed by atoms with E-state index in [4.69, 9.17) is 5.73 Å². The van der Waals surface area contributed by atoms with Gasteiger partial charge in [-0.2, -0.15) is 0 Å². The van der Waals surface area contributed by atoms with E-state index in [1.54, 1.807) is 0 Å². The monoisotopic (exact) mass is 265 g/mol. The van der Waals surface area contributed by atoms with E-state index in [1.807, 2.05) is 18.2 Å². The molecule has 1 saturated carbocycles. The molecule has 0 unspecified atom stereocenters. The highest BCUT2D eigenvalue weighted by Gasteiger charge is 2.40. The maximum absolute atomic E-state index is 12.2. The van der Waals surface area contributed by atoms with Crippen molar-refractivity contribution in [1.82, 2.24) is 0 Å². The topological polar surface area (TPSA) is 60.2 Å². The fourth-order valence-corrected chi connectivity index (χ4v) is 5.43. The molecule has 98 valence electrons. The number of sulfone groups is 1. The zero-order chi connectivity index (χ0) is 12.8. The summed E-state index contributed by atoms with van der Waals surface area (Å²) in [5.41, 5.74) is 7.88. The van der Waals surface area contributed by atoms with Gasteiger partial charge in [-0.1, -0.05) is 31.0 Å². The SMILES string of the molecule is NCC1(c2cccc3c2S(=O)(=O)CC3)CCCC1. The van der Waals surface area contributed by atoms with Crippen LogP contribution >= 0.6 is 0 Å². The third kappa shape index (κ3) is 1.62. The fourth-order valence-electron chi connectivity index (χ4n) is 3.55. The second-order valence-corrected chi connectivity index (χ2v) is 7.60. The van der Waals surface area contributed by atoms with Gasteiger partial charge in [-0.25, -0.2) is 8.42 Å². The largest absolute Gasteiger partial charge is 0.330 e. The highest BCUT2D eigenvalue weighted by atomic mass is 32.2. The van der Waals surface area contributed by atoms with E-state index < -0.39 is 9.84 Å². The Morgan fingerprint density at radius 2 is 1.94 bits per heavy atom. The molecule has 18 heavy (non-hydrogen) atoms. The van der Waals surface area contributed by atoms with E-state index in [1.165, 1.54) is 0 Å². The van der Waals surface area contributed by atoms with Gasteiger partial charge < -0.3 is 5.73 Å². The number of rotatable bonds is 2. The second kappa shape index (κ2) is 4.07. The van der Waals surface area contributed by atoms with E-state index in [-0.39, 0.29) is 11.2 Å². The molecular formula is C14H19NO2S. The van der Waals surface area contributed by atoms with Gasteiger partial charge >= 0.3 is 0 Å². The third-order valence-corrected chi connectivity index (χ3v) is 6.42. The van der Waals surface area contributed by atoms with Crippen LogP contribution in [0.4, 0.5) is 0 Å². The normalized spacial score (nSPS) is 24.1. The van der Waals surface area contributed by atoms with Gasteiger partial charge in [0.25, 0.3) is 0 Å². The molecule has 3 rings (SSSR count). The van der Waals surface area contributed by atoms with E-state index in [2.05, 4.69) is 0 Å². The molecule has 4 heteroatoms. The molecule has 3 nitrogen and oxygen atoms in total. The number of hydrogen-bond donors (Lipinski definition) is 1. The second-order valence-electron chi connectivity index (χ2n) is 5.55. The smallest absolute Gasteiger partial charge is 0.179 e. The van der Waals surface area contributed by atoms with Gasteiger partial charge in [0.15, 0.2) is 9.84 Å². The molecule has 1 fully saturated rings. The summed E-state index contributed by atoms with van der Waals surface area (Å²) in [5, 5.41) is 0. The molecular weight excluding hydrogens is 246 g/mol. The first-order valence-electron chi connectivity index (χ1n) is 6.64. The van der Waals surface area contributed by atoms with Gasteiger partial charge in [-0.05, 0) is 30.4 Å². The first kappa shape index (κ1) is 12.2. The molecule has 0 aromatic heterocycles. The molecule has 0 amide bonds. The minimum absolute atomic E-state index is 0.0945. The van der Waals surface area contributed by atoms with Crippen molar-refractivity contribution in [3.8, 4) is 0 Å². The lowest BCUT2D eigenvalue weighted by Crippen LogP contribution is -2.33. The van der Waals surface area contributed by atoms with E-state index in [0.29, 0.717) is 17.9 Å². The first-order valence-corrected chi connectivity index (χ1v) is 8.29. The van der Waals surface area contributed by atoms with Crippen LogP contribution in [-0.2, 0) is 21.7 Å². The van der Waals surface area contributed by atoms with Crippen LogP contribution in [-0.4, -0.2) is 20.7 Å². The predicted octanol–water partition coefficient (Wildman–Crippen LogP) is 1.79. The Balaban J connectivity index is 2.23. The van der Waals surface area contributed by atoms with Gasteiger partial charge in [0.05, 0.1) is 10.6 Å². The van der Waals surface area contributed by atoms with Crippen LogP contribution in [0, 0.1) is 0 Å². The predicted molar refractivity (Wildman–Crippen MR) is 71.4 cm³/mol. The lowest BCUT2D eigenvalue weighted by Gasteiger charge is -2.29. The quantitative estimate of drug-likeness (QED) is 0.887. The average molecular weight is 265 g/mol. The Morgan fingerprint density at radius 3 is 2.61 bits per heavy atom. The fraction of sp³-hybridized carbons (Fsp3) is 0.571. The summed E-state index contributed by atoms with van der Waals surface area (Å²) in [6.45, 7) is 0.555. The lowest BCUT2D eigenvalue weighted by atomic mass is 9.78. The summed E-state index contributed by atoms with van der Waals surface area (Å²) in [7, 11) is -3.08. The molecule has 0 bridgehead atoms. The minimum atomic E-state index is -3.08. The van der Waals surface area contributed by atoms with Crippen molar-refractivity contribution in [2.75, 3.05) is 12.3 Å². The Morgan fingerprint density at radius 1 is 1.22 bits per heavy atom. The highest BCUT2D eigenvalue weighted by Crippen LogP contribution is 2.45. The molecule has 2 aliphatic rings. The summed E-state index contributed by atoms with van der Waals surface area (Å²) in [6.07, 6.45) is 5.01. The van der Waals surface area contributed by atoms with Crippen molar-refractivity contribution in [3.05, 3.63) is 29.3 Å². The van der Waals surface area contributed by atoms with Gasteiger partial charge in [-0.15, -0.1) is 0 Å². The number of benzene rings is 1. The standard InChI is InChI=1S/C14H19NO2S/c15-10-14(7-1-2-8-14)12-5-3-4-11-6-9-18(16,17)13(11)12/h3-5H,1-2,6-10,15H2. The molecule has 0 saturated heterocycles. The van der Waals surface area contributed by atoms with Crippen LogP contribution in [0.1, 0.15) is 36.8 Å². The minimum Gasteiger partial charge on any atom is -0.330 e. The molecule has 1 aromatic carbocycles. The molecule has 1 aliphatic carbocycles. The van der Waals surface area contributed by atoms with Crippen LogP contribution in [0.5, 0.6) is 0 Å². The number of nitrogens with two attached hydrogens (primary N) is 1. The molecule has 1 aromatic rings. The van der Waals surface area contributed by atoms with E-state index >= 15 is 0 Å². The van der Waals surface area contributed by atoms with Crippen molar-refractivity contribution < 1.29 is 8.42 Å². The van der Waals surface area contributed by atoms with Crippen molar-refractivity contribution in [3.63, 3.8) is 0 Å². The Bertz CT molecular complexity index is 571. The van der Waals surface area contributed by atoms with Gasteiger partial charge in [0, 0.05) is 12.0 Å². The van der Waals surface area contributed by atoms with Crippen molar-refractivity contribution in [1.29, 1.82) is 0 Å². The maximum atomic E-state index is 12.2. The van der Waals surface area contributed by atoms with Gasteiger partial charge in [0.1, 0.15) is 0 Å². The Kier molecular flexibility index (Phi) is 2.75. The summed E-state index contributed by atoms with van der Waals surface area (Å²) in [4.78, 5) is 0.609. The Labute approximate surface area is 108 Å². The van der Waals surface area contributed by atoms with Crippen molar-refractivity contribution in [2.24, 2.45) is 5.73 Å². The van der Waals surface area contributed by atoms with Crippen LogP contribution < -0.4 is 5.73 Å². The number of fused-ring (bicyclic) bond motifs is 1. The summed E-state index contributed by atoms with van der Waals surface area (Å²) >= 11 is 0. The lowest BCUT2D eigenvalue weighted by molar-refractivity contribution is 0.443. The Hall–Kier alpha value is -0.870. The zero-order valence-corrected chi connectivity index (χ0v) is 11.3. The summed E-state index contributed by atoms with van der Waals surface area (Å²) in [5.74, 6) is 0.264. The number of hydrogen-bond acceptors (Lipinski definition) is 3. The van der Waals surface area contributed by atoms with Crippen LogP contribution in [0.25, 0.3) is 0 Å². The van der Waals surface area contributed by atoms with Crippen molar-refractivity contribution in [2.45, 2.75) is 42.4 Å². The van der Waals surface area contributed by atoms with E-state index in [0.717, 1.165) is 36.8 Å². The molecule has 2 N–H and O–H groups in total. The molecule has 0 atom stereocenters. The third-order valence-electron chi connectivity index (χ3n) is 4.57. The van der Waals surface area contributed by atoms with Gasteiger partial charge in [-0.3, -0.25) is 0 Å². The molecule has 1 aliphatic heterocycles. The van der Waals surface area contributed by atoms with Crippen LogP contribution in [0.15, 0.2) is 23.1 Å².